The molecule has 2 N–H and O–H groups in total. The lowest BCUT2D eigenvalue weighted by Crippen LogP contribution is -2.11. The van der Waals surface area contributed by atoms with Crippen molar-refractivity contribution in [1.82, 2.24) is 0 Å². The Bertz CT molecular complexity index is 698. The number of benzene rings is 2. The summed E-state index contributed by atoms with van der Waals surface area (Å²) in [5, 5.41) is 0. The van der Waals surface area contributed by atoms with Crippen molar-refractivity contribution in [2.75, 3.05) is 26.4 Å². The van der Waals surface area contributed by atoms with Gasteiger partial charge in [0.15, 0.2) is 11.5 Å². The van der Waals surface area contributed by atoms with Crippen LogP contribution in [-0.2, 0) is 6.42 Å². The number of ether oxygens (including phenoxy) is 3. The summed E-state index contributed by atoms with van der Waals surface area (Å²) in [6.07, 6.45) is 0.829. The molecule has 2 rings (SSSR count). The standard InChI is InChI=1S/C21H29NO3/c1-5-23-21-14-18(8-9-22)6-7-19(21)24-10-11-25-20-13-15(2)12-16(3)17(20)4/h6-7,12-14H,5,8-11,22H2,1-4H3. The molecule has 0 radical (unpaired) electrons. The molecule has 2 aromatic carbocycles. The highest BCUT2D eigenvalue weighted by Gasteiger charge is 2.08. The predicted molar refractivity (Wildman–Crippen MR) is 102 cm³/mol. The van der Waals surface area contributed by atoms with Crippen LogP contribution in [0.3, 0.4) is 0 Å². The summed E-state index contributed by atoms with van der Waals surface area (Å²) in [5.74, 6) is 2.42. The maximum Gasteiger partial charge on any atom is 0.161 e. The van der Waals surface area contributed by atoms with Crippen molar-refractivity contribution in [3.05, 3.63) is 52.6 Å². The summed E-state index contributed by atoms with van der Waals surface area (Å²) in [6.45, 7) is 10.4. The van der Waals surface area contributed by atoms with Gasteiger partial charge in [-0.15, -0.1) is 0 Å². The molecule has 0 fully saturated rings. The molecule has 0 saturated heterocycles. The van der Waals surface area contributed by atoms with E-state index in [1.807, 2.05) is 25.1 Å². The zero-order chi connectivity index (χ0) is 18.2. The summed E-state index contributed by atoms with van der Waals surface area (Å²) in [6, 6.07) is 10.2. The molecule has 0 aliphatic carbocycles. The molecule has 4 heteroatoms. The normalized spacial score (nSPS) is 10.6. The van der Waals surface area contributed by atoms with E-state index in [0.29, 0.717) is 26.4 Å². The van der Waals surface area contributed by atoms with Crippen LogP contribution in [0.5, 0.6) is 17.2 Å². The average molecular weight is 343 g/mol. The summed E-state index contributed by atoms with van der Waals surface area (Å²) in [4.78, 5) is 0. The SMILES string of the molecule is CCOc1cc(CCN)ccc1OCCOc1cc(C)cc(C)c1C. The van der Waals surface area contributed by atoms with E-state index in [9.17, 15) is 0 Å². The van der Waals surface area contributed by atoms with Gasteiger partial charge in [0, 0.05) is 0 Å². The number of nitrogens with two attached hydrogens (primary N) is 1. The highest BCUT2D eigenvalue weighted by molar-refractivity contribution is 5.43. The highest BCUT2D eigenvalue weighted by atomic mass is 16.5. The maximum absolute atomic E-state index is 5.90. The van der Waals surface area contributed by atoms with Gasteiger partial charge in [-0.05, 0) is 81.1 Å². The molecule has 0 aromatic heterocycles. The molecule has 4 nitrogen and oxygen atoms in total. The van der Waals surface area contributed by atoms with Crippen LogP contribution in [0.1, 0.15) is 29.2 Å². The molecule has 0 saturated carbocycles. The molecule has 25 heavy (non-hydrogen) atoms. The van der Waals surface area contributed by atoms with Crippen LogP contribution in [0.15, 0.2) is 30.3 Å². The van der Waals surface area contributed by atoms with Crippen molar-refractivity contribution in [2.24, 2.45) is 5.73 Å². The second-order valence-electron chi connectivity index (χ2n) is 6.15. The first-order chi connectivity index (χ1) is 12.0. The van der Waals surface area contributed by atoms with Gasteiger partial charge in [-0.25, -0.2) is 0 Å². The van der Waals surface area contributed by atoms with E-state index < -0.39 is 0 Å². The lowest BCUT2D eigenvalue weighted by Gasteiger charge is -2.15. The minimum Gasteiger partial charge on any atom is -0.490 e. The van der Waals surface area contributed by atoms with E-state index in [1.165, 1.54) is 16.7 Å². The first kappa shape index (κ1) is 19.1. The van der Waals surface area contributed by atoms with Crippen molar-refractivity contribution >= 4 is 0 Å². The molecule has 0 spiro atoms. The Kier molecular flexibility index (Phi) is 7.14. The summed E-state index contributed by atoms with van der Waals surface area (Å²) in [7, 11) is 0. The lowest BCUT2D eigenvalue weighted by atomic mass is 10.1. The number of aryl methyl sites for hydroxylation is 2. The van der Waals surface area contributed by atoms with Gasteiger partial charge in [0.2, 0.25) is 0 Å². The molecule has 0 amide bonds. The Morgan fingerprint density at radius 1 is 0.840 bits per heavy atom. The fraction of sp³-hybridized carbons (Fsp3) is 0.429. The van der Waals surface area contributed by atoms with Crippen molar-refractivity contribution in [2.45, 2.75) is 34.1 Å². The monoisotopic (exact) mass is 343 g/mol. The average Bonchev–Trinajstić information content (AvgIpc) is 2.58. The smallest absolute Gasteiger partial charge is 0.161 e. The van der Waals surface area contributed by atoms with Crippen LogP contribution < -0.4 is 19.9 Å². The molecular formula is C21H29NO3. The molecule has 0 aliphatic rings. The zero-order valence-electron chi connectivity index (χ0n) is 15.7. The third-order valence-corrected chi connectivity index (χ3v) is 4.10. The largest absolute Gasteiger partial charge is 0.490 e. The maximum atomic E-state index is 5.90. The first-order valence-electron chi connectivity index (χ1n) is 8.84. The van der Waals surface area contributed by atoms with Gasteiger partial charge in [-0.2, -0.15) is 0 Å². The molecule has 0 bridgehead atoms. The van der Waals surface area contributed by atoms with E-state index in [0.717, 1.165) is 29.2 Å². The van der Waals surface area contributed by atoms with Gasteiger partial charge < -0.3 is 19.9 Å². The Morgan fingerprint density at radius 2 is 1.56 bits per heavy atom. The second-order valence-corrected chi connectivity index (χ2v) is 6.15. The van der Waals surface area contributed by atoms with E-state index in [1.54, 1.807) is 0 Å². The molecule has 0 unspecified atom stereocenters. The first-order valence-corrected chi connectivity index (χ1v) is 8.84. The zero-order valence-corrected chi connectivity index (χ0v) is 15.7. The van der Waals surface area contributed by atoms with Crippen molar-refractivity contribution in [3.63, 3.8) is 0 Å². The van der Waals surface area contributed by atoms with Gasteiger partial charge >= 0.3 is 0 Å². The molecule has 0 aliphatic heterocycles. The fourth-order valence-corrected chi connectivity index (χ4v) is 2.72. The molecule has 2 aromatic rings. The highest BCUT2D eigenvalue weighted by Crippen LogP contribution is 2.29. The van der Waals surface area contributed by atoms with E-state index in [4.69, 9.17) is 19.9 Å². The van der Waals surface area contributed by atoms with Crippen LogP contribution in [0.4, 0.5) is 0 Å². The van der Waals surface area contributed by atoms with Gasteiger partial charge in [-0.1, -0.05) is 12.1 Å². The summed E-state index contributed by atoms with van der Waals surface area (Å²) < 4.78 is 17.4. The predicted octanol–water partition coefficient (Wildman–Crippen LogP) is 3.97. The molecule has 0 atom stereocenters. The van der Waals surface area contributed by atoms with E-state index >= 15 is 0 Å². The van der Waals surface area contributed by atoms with Gasteiger partial charge in [0.1, 0.15) is 19.0 Å². The molecule has 0 heterocycles. The topological polar surface area (TPSA) is 53.7 Å². The quantitative estimate of drug-likeness (QED) is 0.700. The lowest BCUT2D eigenvalue weighted by molar-refractivity contribution is 0.207. The Morgan fingerprint density at radius 3 is 2.24 bits per heavy atom. The summed E-state index contributed by atoms with van der Waals surface area (Å²) >= 11 is 0. The Labute approximate surface area is 150 Å². The minimum absolute atomic E-state index is 0.461. The van der Waals surface area contributed by atoms with Gasteiger partial charge in [0.05, 0.1) is 6.61 Å². The number of hydrogen-bond acceptors (Lipinski definition) is 4. The second kappa shape index (κ2) is 9.33. The number of rotatable bonds is 9. The van der Waals surface area contributed by atoms with Crippen LogP contribution in [-0.4, -0.2) is 26.4 Å². The van der Waals surface area contributed by atoms with Crippen LogP contribution in [0, 0.1) is 20.8 Å². The van der Waals surface area contributed by atoms with Crippen molar-refractivity contribution < 1.29 is 14.2 Å². The Hall–Kier alpha value is -2.20. The third kappa shape index (κ3) is 5.40. The van der Waals surface area contributed by atoms with Crippen LogP contribution in [0.25, 0.3) is 0 Å². The van der Waals surface area contributed by atoms with E-state index in [2.05, 4.69) is 32.9 Å². The van der Waals surface area contributed by atoms with Crippen molar-refractivity contribution in [3.8, 4) is 17.2 Å². The minimum atomic E-state index is 0.461. The molecule has 136 valence electrons. The van der Waals surface area contributed by atoms with Gasteiger partial charge in [-0.3, -0.25) is 0 Å². The van der Waals surface area contributed by atoms with Crippen molar-refractivity contribution in [1.29, 1.82) is 0 Å². The number of hydrogen-bond donors (Lipinski definition) is 1. The Balaban J connectivity index is 1.95. The van der Waals surface area contributed by atoms with Crippen LogP contribution in [0.2, 0.25) is 0 Å². The molecular weight excluding hydrogens is 314 g/mol. The van der Waals surface area contributed by atoms with Gasteiger partial charge in [0.25, 0.3) is 0 Å². The van der Waals surface area contributed by atoms with E-state index in [-0.39, 0.29) is 0 Å². The van der Waals surface area contributed by atoms with Crippen LogP contribution >= 0.6 is 0 Å². The summed E-state index contributed by atoms with van der Waals surface area (Å²) in [5.41, 5.74) is 10.4. The third-order valence-electron chi connectivity index (χ3n) is 4.10. The fourth-order valence-electron chi connectivity index (χ4n) is 2.72.